The number of hydrogen-bond acceptors (Lipinski definition) is 4. The van der Waals surface area contributed by atoms with Gasteiger partial charge < -0.3 is 15.5 Å². The molecule has 1 aliphatic heterocycles. The molecule has 5 nitrogen and oxygen atoms in total. The molecular weight excluding hydrogens is 464 g/mol. The van der Waals surface area contributed by atoms with Crippen molar-refractivity contribution in [1.82, 2.24) is 9.88 Å². The Morgan fingerprint density at radius 1 is 1.23 bits per heavy atom. The van der Waals surface area contributed by atoms with Crippen LogP contribution in [-0.2, 0) is 12.8 Å². The number of nitrogens with zero attached hydrogens (tertiary/aromatic N) is 4. The largest absolute Gasteiger partial charge is 0.370 e. The number of aliphatic imine (C=N–C) groups is 1. The number of aryl methyl sites for hydroxylation is 1. The number of nitrogens with two attached hydrogens (primary N) is 1. The maximum atomic E-state index is 13.0. The number of piperazine rings is 1. The first-order valence-corrected chi connectivity index (χ1v) is 9.46. The molecule has 26 heavy (non-hydrogen) atoms. The molecule has 142 valence electrons. The van der Waals surface area contributed by atoms with Gasteiger partial charge in [0.15, 0.2) is 5.96 Å². The zero-order valence-electron chi connectivity index (χ0n) is 14.9. The van der Waals surface area contributed by atoms with Crippen molar-refractivity contribution < 1.29 is 4.39 Å². The Morgan fingerprint density at radius 3 is 2.54 bits per heavy atom. The predicted molar refractivity (Wildman–Crippen MR) is 117 cm³/mol. The number of halogens is 2. The van der Waals surface area contributed by atoms with Gasteiger partial charge in [0.05, 0.1) is 5.01 Å². The van der Waals surface area contributed by atoms with Gasteiger partial charge >= 0.3 is 0 Å². The average molecular weight is 489 g/mol. The number of guanidine groups is 1. The van der Waals surface area contributed by atoms with Crippen LogP contribution in [0.15, 0.2) is 35.5 Å². The van der Waals surface area contributed by atoms with Crippen LogP contribution in [0.1, 0.15) is 16.8 Å². The van der Waals surface area contributed by atoms with Gasteiger partial charge in [0.2, 0.25) is 0 Å². The van der Waals surface area contributed by atoms with E-state index in [0.717, 1.165) is 49.7 Å². The number of thiazole rings is 1. The smallest absolute Gasteiger partial charge is 0.191 e. The van der Waals surface area contributed by atoms with Crippen LogP contribution < -0.4 is 10.6 Å². The fourth-order valence-electron chi connectivity index (χ4n) is 2.84. The highest BCUT2D eigenvalue weighted by atomic mass is 127. The first kappa shape index (κ1) is 20.9. The zero-order chi connectivity index (χ0) is 17.6. The molecule has 0 spiro atoms. The molecule has 0 aliphatic carbocycles. The van der Waals surface area contributed by atoms with Crippen molar-refractivity contribution in [2.24, 2.45) is 10.7 Å². The van der Waals surface area contributed by atoms with E-state index in [1.165, 1.54) is 17.0 Å². The summed E-state index contributed by atoms with van der Waals surface area (Å²) in [6.45, 7) is 6.16. The van der Waals surface area contributed by atoms with Crippen LogP contribution in [0, 0.1) is 5.82 Å². The Balaban J connectivity index is 0.00000243. The van der Waals surface area contributed by atoms with Gasteiger partial charge in [0, 0.05) is 55.9 Å². The van der Waals surface area contributed by atoms with Gasteiger partial charge in [0.25, 0.3) is 0 Å². The summed E-state index contributed by atoms with van der Waals surface area (Å²) in [5, 5.41) is 1.12. The molecule has 2 N–H and O–H groups in total. The lowest BCUT2D eigenvalue weighted by Gasteiger charge is -2.36. The quantitative estimate of drug-likeness (QED) is 0.399. The van der Waals surface area contributed by atoms with E-state index in [4.69, 9.17) is 5.73 Å². The molecule has 0 atom stereocenters. The Labute approximate surface area is 175 Å². The number of rotatable bonds is 5. The van der Waals surface area contributed by atoms with Gasteiger partial charge in [-0.1, -0.05) is 6.92 Å². The Morgan fingerprint density at radius 2 is 1.92 bits per heavy atom. The second-order valence-corrected chi connectivity index (χ2v) is 7.21. The molecule has 0 unspecified atom stereocenters. The topological polar surface area (TPSA) is 57.8 Å². The van der Waals surface area contributed by atoms with Gasteiger partial charge in [-0.3, -0.25) is 4.99 Å². The number of anilines is 1. The summed E-state index contributed by atoms with van der Waals surface area (Å²) < 4.78 is 13.0. The second kappa shape index (κ2) is 10.1. The molecule has 0 bridgehead atoms. The van der Waals surface area contributed by atoms with Gasteiger partial charge in [-0.05, 0) is 30.7 Å². The van der Waals surface area contributed by atoms with Crippen molar-refractivity contribution in [2.75, 3.05) is 37.6 Å². The molecule has 1 fully saturated rings. The van der Waals surface area contributed by atoms with E-state index in [1.807, 2.05) is 18.3 Å². The Bertz CT molecular complexity index is 711. The van der Waals surface area contributed by atoms with Crippen LogP contribution in [0.3, 0.4) is 0 Å². The van der Waals surface area contributed by atoms with Crippen LogP contribution in [0.2, 0.25) is 0 Å². The van der Waals surface area contributed by atoms with Crippen molar-refractivity contribution in [3.05, 3.63) is 46.2 Å². The van der Waals surface area contributed by atoms with Crippen LogP contribution in [0.4, 0.5) is 10.1 Å². The maximum Gasteiger partial charge on any atom is 0.191 e. The number of hydrogen-bond donors (Lipinski definition) is 1. The van der Waals surface area contributed by atoms with E-state index < -0.39 is 0 Å². The third-order valence-corrected chi connectivity index (χ3v) is 5.55. The molecule has 0 saturated carbocycles. The molecule has 8 heteroatoms. The maximum absolute atomic E-state index is 13.0. The monoisotopic (exact) mass is 489 g/mol. The lowest BCUT2D eigenvalue weighted by molar-refractivity contribution is 0.381. The highest BCUT2D eigenvalue weighted by Crippen LogP contribution is 2.17. The van der Waals surface area contributed by atoms with Crippen LogP contribution in [-0.4, -0.2) is 48.6 Å². The van der Waals surface area contributed by atoms with Crippen molar-refractivity contribution >= 4 is 47.0 Å². The van der Waals surface area contributed by atoms with Gasteiger partial charge in [-0.2, -0.15) is 0 Å². The molecule has 1 aliphatic rings. The van der Waals surface area contributed by atoms with E-state index in [0.29, 0.717) is 12.5 Å². The summed E-state index contributed by atoms with van der Waals surface area (Å²) in [4.78, 5) is 14.6. The summed E-state index contributed by atoms with van der Waals surface area (Å²) in [6.07, 6.45) is 3.81. The molecule has 2 aromatic rings. The van der Waals surface area contributed by atoms with Crippen molar-refractivity contribution in [1.29, 1.82) is 0 Å². The molecule has 2 heterocycles. The van der Waals surface area contributed by atoms with Crippen molar-refractivity contribution in [2.45, 2.75) is 19.8 Å². The van der Waals surface area contributed by atoms with Gasteiger partial charge in [-0.15, -0.1) is 35.3 Å². The summed E-state index contributed by atoms with van der Waals surface area (Å²) in [5.74, 6) is 0.399. The van der Waals surface area contributed by atoms with E-state index >= 15 is 0 Å². The lowest BCUT2D eigenvalue weighted by atomic mass is 10.2. The normalized spacial score (nSPS) is 15.1. The van der Waals surface area contributed by atoms with Crippen molar-refractivity contribution in [3.8, 4) is 0 Å². The van der Waals surface area contributed by atoms with Gasteiger partial charge in [-0.25, -0.2) is 9.37 Å². The second-order valence-electron chi connectivity index (χ2n) is 6.01. The highest BCUT2D eigenvalue weighted by Gasteiger charge is 2.18. The fourth-order valence-corrected chi connectivity index (χ4v) is 3.69. The Kier molecular flexibility index (Phi) is 8.08. The highest BCUT2D eigenvalue weighted by molar-refractivity contribution is 14.0. The molecule has 1 aromatic heterocycles. The SMILES string of the molecule is CCc1cnc(CCN=C(N)N2CCN(c3ccc(F)cc3)CC2)s1.I. The predicted octanol–water partition coefficient (Wildman–Crippen LogP) is 3.14. The third-order valence-electron chi connectivity index (χ3n) is 4.34. The minimum Gasteiger partial charge on any atom is -0.370 e. The first-order chi connectivity index (χ1) is 12.2. The minimum atomic E-state index is -0.204. The molecule has 1 saturated heterocycles. The van der Waals surface area contributed by atoms with Crippen LogP contribution >= 0.6 is 35.3 Å². The van der Waals surface area contributed by atoms with E-state index in [2.05, 4.69) is 26.7 Å². The molecule has 0 radical (unpaired) electrons. The summed E-state index contributed by atoms with van der Waals surface area (Å²) in [7, 11) is 0. The van der Waals surface area contributed by atoms with Crippen LogP contribution in [0.25, 0.3) is 0 Å². The molecule has 0 amide bonds. The van der Waals surface area contributed by atoms with E-state index in [1.54, 1.807) is 11.3 Å². The zero-order valence-corrected chi connectivity index (χ0v) is 18.0. The van der Waals surface area contributed by atoms with E-state index in [-0.39, 0.29) is 29.8 Å². The molecule has 3 rings (SSSR count). The van der Waals surface area contributed by atoms with Crippen LogP contribution in [0.5, 0.6) is 0 Å². The Hall–Kier alpha value is -1.42. The molecular formula is C18H25FIN5S. The van der Waals surface area contributed by atoms with E-state index in [9.17, 15) is 4.39 Å². The summed E-state index contributed by atoms with van der Waals surface area (Å²) in [5.41, 5.74) is 7.19. The fraction of sp³-hybridized carbons (Fsp3) is 0.444. The number of benzene rings is 1. The molecule has 1 aromatic carbocycles. The summed E-state index contributed by atoms with van der Waals surface area (Å²) >= 11 is 1.75. The minimum absolute atomic E-state index is 0. The number of aromatic nitrogens is 1. The van der Waals surface area contributed by atoms with Crippen molar-refractivity contribution in [3.63, 3.8) is 0 Å². The third kappa shape index (κ3) is 5.54. The standard InChI is InChI=1S/C18H24FN5S.HI/c1-2-16-13-22-17(25-16)7-8-21-18(20)24-11-9-23(10-12-24)15-5-3-14(19)4-6-15;/h3-6,13H,2,7-12H2,1H3,(H2,20,21);1H. The average Bonchev–Trinajstić information content (AvgIpc) is 3.10. The lowest BCUT2D eigenvalue weighted by Crippen LogP contribution is -2.51. The van der Waals surface area contributed by atoms with Gasteiger partial charge in [0.1, 0.15) is 5.82 Å². The first-order valence-electron chi connectivity index (χ1n) is 8.64. The summed E-state index contributed by atoms with van der Waals surface area (Å²) in [6, 6.07) is 6.64.